The van der Waals surface area contributed by atoms with Crippen LogP contribution in [0.3, 0.4) is 0 Å². The molecule has 4 nitrogen and oxygen atoms in total. The topological polar surface area (TPSA) is 67.1 Å². The van der Waals surface area contributed by atoms with Gasteiger partial charge >= 0.3 is 0 Å². The fourth-order valence-corrected chi connectivity index (χ4v) is 1.67. The van der Waals surface area contributed by atoms with E-state index in [1.165, 1.54) is 0 Å². The van der Waals surface area contributed by atoms with Crippen molar-refractivity contribution in [1.82, 2.24) is 5.32 Å². The Balaban J connectivity index is 2.21. The summed E-state index contributed by atoms with van der Waals surface area (Å²) in [5.74, 6) is -0.301. The van der Waals surface area contributed by atoms with E-state index in [1.807, 2.05) is 31.2 Å². The Morgan fingerprint density at radius 1 is 1.47 bits per heavy atom. The van der Waals surface area contributed by atoms with Crippen LogP contribution in [-0.2, 0) is 4.79 Å². The third-order valence-corrected chi connectivity index (χ3v) is 2.84. The van der Waals surface area contributed by atoms with Crippen LogP contribution in [0.5, 0.6) is 0 Å². The van der Waals surface area contributed by atoms with Crippen LogP contribution in [0.4, 0.5) is 5.69 Å². The van der Waals surface area contributed by atoms with Crippen molar-refractivity contribution in [1.29, 1.82) is 0 Å². The van der Waals surface area contributed by atoms with Gasteiger partial charge in [-0.25, -0.2) is 0 Å². The highest BCUT2D eigenvalue weighted by Gasteiger charge is 2.42. The molecule has 1 aliphatic heterocycles. The molecule has 1 aromatic carbocycles. The summed E-state index contributed by atoms with van der Waals surface area (Å²) < 4.78 is 0. The lowest BCUT2D eigenvalue weighted by molar-refractivity contribution is -0.123. The fraction of sp³-hybridized carbons (Fsp3) is 0.364. The minimum absolute atomic E-state index is 0.301. The average Bonchev–Trinajstić information content (AvgIpc) is 2.13. The van der Waals surface area contributed by atoms with Crippen LogP contribution in [-0.4, -0.2) is 24.5 Å². The maximum Gasteiger partial charge on any atom is 0.245 e. The van der Waals surface area contributed by atoms with Gasteiger partial charge in [0.05, 0.1) is 0 Å². The molecule has 15 heavy (non-hydrogen) atoms. The summed E-state index contributed by atoms with van der Waals surface area (Å²) in [4.78, 5) is 11.3. The standard InChI is InChI=1S/C11H15N3O/c1-8-4-2-3-5-9(8)14-11(10(12)15)6-13-7-11/h2-5,13-14H,6-7H2,1H3,(H2,12,15). The van der Waals surface area contributed by atoms with E-state index in [2.05, 4.69) is 10.6 Å². The fourth-order valence-electron chi connectivity index (χ4n) is 1.67. The van der Waals surface area contributed by atoms with Crippen molar-refractivity contribution in [2.75, 3.05) is 18.4 Å². The van der Waals surface area contributed by atoms with E-state index in [4.69, 9.17) is 5.73 Å². The molecule has 2 rings (SSSR count). The second-order valence-corrected chi connectivity index (χ2v) is 3.99. The lowest BCUT2D eigenvalue weighted by Crippen LogP contribution is -2.70. The van der Waals surface area contributed by atoms with Gasteiger partial charge in [-0.3, -0.25) is 4.79 Å². The first kappa shape index (κ1) is 9.98. The summed E-state index contributed by atoms with van der Waals surface area (Å²) >= 11 is 0. The lowest BCUT2D eigenvalue weighted by atomic mass is 9.91. The normalized spacial score (nSPS) is 17.9. The number of amides is 1. The second-order valence-electron chi connectivity index (χ2n) is 3.99. The Morgan fingerprint density at radius 3 is 2.60 bits per heavy atom. The van der Waals surface area contributed by atoms with E-state index in [0.29, 0.717) is 13.1 Å². The SMILES string of the molecule is Cc1ccccc1NC1(C(N)=O)CNC1. The maximum absolute atomic E-state index is 11.3. The number of primary amides is 1. The molecule has 0 atom stereocenters. The van der Waals surface area contributed by atoms with Crippen molar-refractivity contribution in [3.63, 3.8) is 0 Å². The Morgan fingerprint density at radius 2 is 2.13 bits per heavy atom. The Bertz CT molecular complexity index is 385. The third-order valence-electron chi connectivity index (χ3n) is 2.84. The largest absolute Gasteiger partial charge is 0.369 e. The van der Waals surface area contributed by atoms with Gasteiger partial charge in [0.15, 0.2) is 0 Å². The first-order valence-corrected chi connectivity index (χ1v) is 4.98. The number of benzene rings is 1. The number of carbonyl (C=O) groups is 1. The molecule has 1 saturated heterocycles. The summed E-state index contributed by atoms with van der Waals surface area (Å²) in [5.41, 5.74) is 6.87. The zero-order valence-corrected chi connectivity index (χ0v) is 8.71. The summed E-state index contributed by atoms with van der Waals surface area (Å²) in [6.45, 7) is 3.19. The quantitative estimate of drug-likeness (QED) is 0.662. The molecule has 80 valence electrons. The van der Waals surface area contributed by atoms with Gasteiger partial charge in [-0.05, 0) is 18.6 Å². The number of rotatable bonds is 3. The van der Waals surface area contributed by atoms with Gasteiger partial charge in [0.25, 0.3) is 0 Å². The van der Waals surface area contributed by atoms with Gasteiger partial charge in [-0.2, -0.15) is 0 Å². The molecular formula is C11H15N3O. The average molecular weight is 205 g/mol. The van der Waals surface area contributed by atoms with Crippen LogP contribution in [0, 0.1) is 6.92 Å². The van der Waals surface area contributed by atoms with Gasteiger partial charge in [-0.15, -0.1) is 0 Å². The number of hydrogen-bond acceptors (Lipinski definition) is 3. The van der Waals surface area contributed by atoms with E-state index in [9.17, 15) is 4.79 Å². The summed E-state index contributed by atoms with van der Waals surface area (Å²) in [6.07, 6.45) is 0. The van der Waals surface area contributed by atoms with Crippen molar-refractivity contribution >= 4 is 11.6 Å². The van der Waals surface area contributed by atoms with E-state index < -0.39 is 5.54 Å². The lowest BCUT2D eigenvalue weighted by Gasteiger charge is -2.41. The monoisotopic (exact) mass is 205 g/mol. The molecule has 1 amide bonds. The van der Waals surface area contributed by atoms with Crippen LogP contribution in [0.15, 0.2) is 24.3 Å². The molecule has 0 aromatic heterocycles. The molecular weight excluding hydrogens is 190 g/mol. The first-order valence-electron chi connectivity index (χ1n) is 4.98. The van der Waals surface area contributed by atoms with Crippen LogP contribution >= 0.6 is 0 Å². The van der Waals surface area contributed by atoms with Gasteiger partial charge in [0.1, 0.15) is 5.54 Å². The van der Waals surface area contributed by atoms with Crippen LogP contribution in [0.1, 0.15) is 5.56 Å². The molecule has 0 radical (unpaired) electrons. The molecule has 4 N–H and O–H groups in total. The van der Waals surface area contributed by atoms with E-state index >= 15 is 0 Å². The number of aryl methyl sites for hydroxylation is 1. The van der Waals surface area contributed by atoms with Gasteiger partial charge in [-0.1, -0.05) is 18.2 Å². The molecule has 0 bridgehead atoms. The van der Waals surface area contributed by atoms with Crippen molar-refractivity contribution < 1.29 is 4.79 Å². The number of carbonyl (C=O) groups excluding carboxylic acids is 1. The molecule has 0 unspecified atom stereocenters. The van der Waals surface area contributed by atoms with Crippen molar-refractivity contribution in [2.45, 2.75) is 12.5 Å². The zero-order chi connectivity index (χ0) is 10.9. The number of para-hydroxylation sites is 1. The first-order chi connectivity index (χ1) is 7.14. The maximum atomic E-state index is 11.3. The summed E-state index contributed by atoms with van der Waals surface area (Å²) in [7, 11) is 0. The van der Waals surface area contributed by atoms with Gasteiger partial charge < -0.3 is 16.4 Å². The van der Waals surface area contributed by atoms with Crippen molar-refractivity contribution in [2.24, 2.45) is 5.73 Å². The highest BCUT2D eigenvalue weighted by molar-refractivity contribution is 5.90. The smallest absolute Gasteiger partial charge is 0.245 e. The number of nitrogens with one attached hydrogen (secondary N) is 2. The highest BCUT2D eigenvalue weighted by atomic mass is 16.1. The van der Waals surface area contributed by atoms with Crippen LogP contribution in [0.25, 0.3) is 0 Å². The molecule has 1 heterocycles. The molecule has 1 fully saturated rings. The molecule has 0 spiro atoms. The van der Waals surface area contributed by atoms with E-state index in [1.54, 1.807) is 0 Å². The van der Waals surface area contributed by atoms with Gasteiger partial charge in [0.2, 0.25) is 5.91 Å². The van der Waals surface area contributed by atoms with Crippen LogP contribution < -0.4 is 16.4 Å². The number of hydrogen-bond donors (Lipinski definition) is 3. The second kappa shape index (κ2) is 3.55. The number of anilines is 1. The molecule has 0 saturated carbocycles. The number of nitrogens with two attached hydrogens (primary N) is 1. The van der Waals surface area contributed by atoms with E-state index in [0.717, 1.165) is 11.3 Å². The molecule has 4 heteroatoms. The Hall–Kier alpha value is -1.55. The highest BCUT2D eigenvalue weighted by Crippen LogP contribution is 2.21. The predicted octanol–water partition coefficient (Wildman–Crippen LogP) is 0.234. The Labute approximate surface area is 88.9 Å². The molecule has 1 aromatic rings. The zero-order valence-electron chi connectivity index (χ0n) is 8.71. The van der Waals surface area contributed by atoms with Crippen LogP contribution in [0.2, 0.25) is 0 Å². The van der Waals surface area contributed by atoms with Crippen molar-refractivity contribution in [3.8, 4) is 0 Å². The van der Waals surface area contributed by atoms with Crippen molar-refractivity contribution in [3.05, 3.63) is 29.8 Å². The summed E-state index contributed by atoms with van der Waals surface area (Å²) in [6, 6.07) is 7.87. The minimum Gasteiger partial charge on any atom is -0.369 e. The predicted molar refractivity (Wildman–Crippen MR) is 59.6 cm³/mol. The molecule has 0 aliphatic carbocycles. The van der Waals surface area contributed by atoms with Gasteiger partial charge in [0, 0.05) is 18.8 Å². The van der Waals surface area contributed by atoms with E-state index in [-0.39, 0.29) is 5.91 Å². The minimum atomic E-state index is -0.605. The Kier molecular flexibility index (Phi) is 2.36. The third kappa shape index (κ3) is 1.68. The summed E-state index contributed by atoms with van der Waals surface area (Å²) in [5, 5.41) is 6.28. The molecule has 1 aliphatic rings.